The van der Waals surface area contributed by atoms with Crippen molar-refractivity contribution in [1.29, 1.82) is 0 Å². The van der Waals surface area contributed by atoms with Crippen LogP contribution in [0.2, 0.25) is 0 Å². The largest absolute Gasteiger partial charge is 0.390 e. The number of hydrogen-bond donors (Lipinski definition) is 3. The van der Waals surface area contributed by atoms with Crippen LogP contribution >= 0.6 is 11.9 Å². The Morgan fingerprint density at radius 3 is 2.79 bits per heavy atom. The van der Waals surface area contributed by atoms with E-state index in [1.54, 1.807) is 11.9 Å². The summed E-state index contributed by atoms with van der Waals surface area (Å²) >= 11 is 1.78. The first-order valence-corrected chi connectivity index (χ1v) is 15.1. The molecule has 0 bridgehead atoms. The number of carbonyl (C=O) groups excluding carboxylic acids is 1. The average Bonchev–Trinajstić information content (AvgIpc) is 3.19. The quantitative estimate of drug-likeness (QED) is 0.339. The highest BCUT2D eigenvalue weighted by atomic mass is 32.2. The molecule has 0 aliphatic carbocycles. The third-order valence-corrected chi connectivity index (χ3v) is 9.00. The summed E-state index contributed by atoms with van der Waals surface area (Å²) in [6.07, 6.45) is 4.87. The predicted octanol–water partition coefficient (Wildman–Crippen LogP) is 4.55. The van der Waals surface area contributed by atoms with E-state index in [9.17, 15) is 9.90 Å². The summed E-state index contributed by atoms with van der Waals surface area (Å²) in [5.41, 5.74) is 5.04. The molecule has 39 heavy (non-hydrogen) atoms. The summed E-state index contributed by atoms with van der Waals surface area (Å²) in [5, 5.41) is 19.3. The molecule has 0 spiro atoms. The third-order valence-electron chi connectivity index (χ3n) is 8.03. The van der Waals surface area contributed by atoms with Crippen molar-refractivity contribution in [3.63, 3.8) is 0 Å². The summed E-state index contributed by atoms with van der Waals surface area (Å²) in [4.78, 5) is 13.8. The minimum absolute atomic E-state index is 0.159. The highest BCUT2D eigenvalue weighted by Crippen LogP contribution is 2.38. The van der Waals surface area contributed by atoms with Crippen molar-refractivity contribution in [2.24, 2.45) is 0 Å². The summed E-state index contributed by atoms with van der Waals surface area (Å²) in [5.74, 6) is 0.853. The van der Waals surface area contributed by atoms with E-state index in [1.165, 1.54) is 10.9 Å². The fraction of sp³-hybridized carbons (Fsp3) is 0.516. The molecule has 3 N–H and O–H groups in total. The molecule has 3 atom stereocenters. The smallest absolute Gasteiger partial charge is 0.251 e. The number of benzene rings is 2. The van der Waals surface area contributed by atoms with E-state index in [0.29, 0.717) is 25.1 Å². The van der Waals surface area contributed by atoms with Gasteiger partial charge in [-0.05, 0) is 81.7 Å². The number of anilines is 1. The van der Waals surface area contributed by atoms with E-state index in [-0.39, 0.29) is 17.6 Å². The van der Waals surface area contributed by atoms with Gasteiger partial charge in [0, 0.05) is 55.7 Å². The number of aryl methyl sites for hydroxylation is 2. The first kappa shape index (κ1) is 28.0. The SMILES string of the molecule is CCn1cc2c3c(cc(C(=O)N[C@@H](Cc4ccccc4)[C@H](O)CNC4CCOC(C)(C)C4)cc31)N(C)SCC2. The van der Waals surface area contributed by atoms with Crippen LogP contribution in [0.15, 0.2) is 48.7 Å². The Kier molecular flexibility index (Phi) is 8.57. The highest BCUT2D eigenvalue weighted by molar-refractivity contribution is 8.00. The van der Waals surface area contributed by atoms with E-state index < -0.39 is 12.1 Å². The van der Waals surface area contributed by atoms with Gasteiger partial charge in [0.15, 0.2) is 0 Å². The number of rotatable bonds is 9. The molecule has 8 heteroatoms. The number of aliphatic hydroxyl groups is 1. The van der Waals surface area contributed by atoms with Gasteiger partial charge in [0.1, 0.15) is 0 Å². The van der Waals surface area contributed by atoms with Crippen molar-refractivity contribution in [2.75, 3.05) is 30.3 Å². The van der Waals surface area contributed by atoms with Gasteiger partial charge in [-0.15, -0.1) is 0 Å². The second-order valence-electron chi connectivity index (χ2n) is 11.5. The van der Waals surface area contributed by atoms with E-state index in [1.807, 2.05) is 42.5 Å². The Morgan fingerprint density at radius 1 is 1.26 bits per heavy atom. The van der Waals surface area contributed by atoms with E-state index in [0.717, 1.165) is 48.3 Å². The second kappa shape index (κ2) is 11.9. The maximum absolute atomic E-state index is 13.8. The maximum atomic E-state index is 13.8. The zero-order valence-corrected chi connectivity index (χ0v) is 24.4. The summed E-state index contributed by atoms with van der Waals surface area (Å²) in [7, 11) is 2.07. The van der Waals surface area contributed by atoms with E-state index in [2.05, 4.69) is 53.5 Å². The third kappa shape index (κ3) is 6.46. The number of nitrogens with one attached hydrogen (secondary N) is 2. The molecule has 2 aliphatic heterocycles. The molecule has 0 radical (unpaired) electrons. The Hall–Kier alpha value is -2.52. The van der Waals surface area contributed by atoms with Crippen molar-refractivity contribution in [1.82, 2.24) is 15.2 Å². The van der Waals surface area contributed by atoms with Crippen LogP contribution in [0.5, 0.6) is 0 Å². The monoisotopic (exact) mass is 550 g/mol. The van der Waals surface area contributed by atoms with Gasteiger partial charge in [0.2, 0.25) is 0 Å². The number of aliphatic hydroxyl groups excluding tert-OH is 1. The van der Waals surface area contributed by atoms with Gasteiger partial charge in [0.25, 0.3) is 5.91 Å². The lowest BCUT2D eigenvalue weighted by Gasteiger charge is -2.36. The highest BCUT2D eigenvalue weighted by Gasteiger charge is 2.30. The zero-order valence-electron chi connectivity index (χ0n) is 23.6. The van der Waals surface area contributed by atoms with Gasteiger partial charge in [-0.25, -0.2) is 0 Å². The van der Waals surface area contributed by atoms with Crippen molar-refractivity contribution in [2.45, 2.75) is 76.8 Å². The van der Waals surface area contributed by atoms with Crippen LogP contribution in [0.4, 0.5) is 5.69 Å². The minimum atomic E-state index is -0.741. The predicted molar refractivity (Wildman–Crippen MR) is 161 cm³/mol. The van der Waals surface area contributed by atoms with Crippen molar-refractivity contribution in [3.05, 3.63) is 65.4 Å². The van der Waals surface area contributed by atoms with Crippen LogP contribution in [0.3, 0.4) is 0 Å². The van der Waals surface area contributed by atoms with Crippen LogP contribution in [0, 0.1) is 0 Å². The van der Waals surface area contributed by atoms with Gasteiger partial charge in [0.05, 0.1) is 29.0 Å². The molecule has 1 saturated heterocycles. The molecule has 3 aromatic rings. The zero-order chi connectivity index (χ0) is 27.6. The van der Waals surface area contributed by atoms with Crippen LogP contribution in [-0.2, 0) is 24.1 Å². The molecule has 3 heterocycles. The summed E-state index contributed by atoms with van der Waals surface area (Å²) in [6, 6.07) is 13.9. The molecule has 210 valence electrons. The number of nitrogens with zero attached hydrogens (tertiary/aromatic N) is 2. The van der Waals surface area contributed by atoms with Crippen LogP contribution < -0.4 is 14.9 Å². The summed E-state index contributed by atoms with van der Waals surface area (Å²) < 4.78 is 10.3. The average molecular weight is 551 g/mol. The van der Waals surface area contributed by atoms with Gasteiger partial charge in [-0.2, -0.15) is 0 Å². The van der Waals surface area contributed by atoms with Gasteiger partial charge < -0.3 is 29.3 Å². The Labute approximate surface area is 236 Å². The molecule has 7 nitrogen and oxygen atoms in total. The standard InChI is InChI=1S/C31H42N4O3S/c1-5-35-20-22-12-14-39-34(4)26-16-23(17-27(35)29(22)26)30(37)33-25(15-21-9-7-6-8-10-21)28(36)19-32-24-11-13-38-31(2,3)18-24/h6-10,16-17,20,24-25,28,32,36H,5,11-15,18-19H2,1-4H3,(H,33,37)/t24?,25-,28+/m0/s1. The van der Waals surface area contributed by atoms with Crippen molar-refractivity contribution in [3.8, 4) is 0 Å². The van der Waals surface area contributed by atoms with Gasteiger partial charge >= 0.3 is 0 Å². The number of amides is 1. The molecule has 2 aliphatic rings. The lowest BCUT2D eigenvalue weighted by molar-refractivity contribution is -0.0641. The molecule has 1 aromatic heterocycles. The van der Waals surface area contributed by atoms with Crippen LogP contribution in [0.25, 0.3) is 10.9 Å². The fourth-order valence-corrected chi connectivity index (χ4v) is 6.79. The number of aromatic nitrogens is 1. The van der Waals surface area contributed by atoms with Crippen LogP contribution in [-0.4, -0.2) is 65.3 Å². The second-order valence-corrected chi connectivity index (χ2v) is 12.7. The fourth-order valence-electron chi connectivity index (χ4n) is 5.92. The maximum Gasteiger partial charge on any atom is 0.251 e. The van der Waals surface area contributed by atoms with Crippen molar-refractivity contribution >= 4 is 34.4 Å². The molecule has 1 unspecified atom stereocenters. The summed E-state index contributed by atoms with van der Waals surface area (Å²) in [6.45, 7) is 8.32. The van der Waals surface area contributed by atoms with Crippen molar-refractivity contribution < 1.29 is 14.6 Å². The molecular weight excluding hydrogens is 508 g/mol. The lowest BCUT2D eigenvalue weighted by atomic mass is 9.93. The first-order chi connectivity index (χ1) is 18.7. The van der Waals surface area contributed by atoms with E-state index in [4.69, 9.17) is 4.74 Å². The van der Waals surface area contributed by atoms with E-state index >= 15 is 0 Å². The first-order valence-electron chi connectivity index (χ1n) is 14.2. The van der Waals surface area contributed by atoms with Gasteiger partial charge in [-0.3, -0.25) is 4.79 Å². The Morgan fingerprint density at radius 2 is 2.05 bits per heavy atom. The molecule has 1 amide bonds. The molecule has 2 aromatic carbocycles. The Bertz CT molecular complexity index is 1290. The number of carbonyl (C=O) groups is 1. The normalized spacial score (nSPS) is 20.4. The Balaban J connectivity index is 1.38. The minimum Gasteiger partial charge on any atom is -0.390 e. The molecular formula is C31H42N4O3S. The van der Waals surface area contributed by atoms with Gasteiger partial charge in [-0.1, -0.05) is 30.3 Å². The topological polar surface area (TPSA) is 78.8 Å². The molecule has 0 saturated carbocycles. The van der Waals surface area contributed by atoms with Crippen LogP contribution in [0.1, 0.15) is 55.1 Å². The molecule has 5 rings (SSSR count). The lowest BCUT2D eigenvalue weighted by Crippen LogP contribution is -2.52. The molecule has 1 fully saturated rings. The number of ether oxygens (including phenoxy) is 1. The number of hydrogen-bond acceptors (Lipinski definition) is 6.